The zero-order valence-electron chi connectivity index (χ0n) is 16.3. The highest BCUT2D eigenvalue weighted by Crippen LogP contribution is 2.42. The van der Waals surface area contributed by atoms with Crippen molar-refractivity contribution >= 4 is 61.2 Å². The van der Waals surface area contributed by atoms with Crippen LogP contribution in [0, 0.1) is 11.7 Å². The molecule has 2 aliphatic carbocycles. The molecular weight excluding hydrogens is 443 g/mol. The Morgan fingerprint density at radius 3 is 2.70 bits per heavy atom. The average Bonchev–Trinajstić information content (AvgIpc) is 3.34. The van der Waals surface area contributed by atoms with Gasteiger partial charge in [0, 0.05) is 21.0 Å². The van der Waals surface area contributed by atoms with Gasteiger partial charge in [0.05, 0.1) is 10.6 Å². The van der Waals surface area contributed by atoms with E-state index in [-0.39, 0.29) is 27.2 Å². The van der Waals surface area contributed by atoms with Crippen molar-refractivity contribution in [1.29, 1.82) is 0 Å². The maximum absolute atomic E-state index is 14.2. The van der Waals surface area contributed by atoms with E-state index in [1.54, 1.807) is 12.1 Å². The molecule has 30 heavy (non-hydrogen) atoms. The Balaban J connectivity index is 1.51. The summed E-state index contributed by atoms with van der Waals surface area (Å²) in [5.41, 5.74) is 1.64. The number of rotatable bonds is 4. The molecule has 3 aromatic rings. The molecule has 0 aliphatic heterocycles. The summed E-state index contributed by atoms with van der Waals surface area (Å²) in [6.07, 6.45) is 4.78. The van der Waals surface area contributed by atoms with Crippen LogP contribution >= 0.6 is 34.3 Å². The number of hydrogen-bond acceptors (Lipinski definition) is 4. The van der Waals surface area contributed by atoms with Gasteiger partial charge in [-0.15, -0.1) is 22.7 Å². The van der Waals surface area contributed by atoms with Crippen LogP contribution in [0.25, 0.3) is 10.1 Å². The number of halogens is 2. The molecule has 0 bridgehead atoms. The third-order valence-corrected chi connectivity index (χ3v) is 8.50. The fourth-order valence-electron chi connectivity index (χ4n) is 3.94. The van der Waals surface area contributed by atoms with Crippen molar-refractivity contribution in [3.05, 3.63) is 49.9 Å². The van der Waals surface area contributed by atoms with Gasteiger partial charge in [0.25, 0.3) is 11.8 Å². The van der Waals surface area contributed by atoms with Crippen LogP contribution in [0.5, 0.6) is 0 Å². The van der Waals surface area contributed by atoms with E-state index in [0.717, 1.165) is 49.0 Å². The van der Waals surface area contributed by atoms with Gasteiger partial charge >= 0.3 is 0 Å². The molecular formula is C22H20ClFN2O2S2. The summed E-state index contributed by atoms with van der Waals surface area (Å²) in [5.74, 6) is -0.419. The van der Waals surface area contributed by atoms with E-state index < -0.39 is 11.7 Å². The van der Waals surface area contributed by atoms with Gasteiger partial charge in [-0.2, -0.15) is 0 Å². The van der Waals surface area contributed by atoms with Gasteiger partial charge in [-0.25, -0.2) is 4.39 Å². The smallest absolute Gasteiger partial charge is 0.267 e. The molecule has 2 amide bonds. The Hall–Kier alpha value is -1.96. The normalized spacial score (nSPS) is 18.3. The fraction of sp³-hybridized carbons (Fsp3) is 0.364. The quantitative estimate of drug-likeness (QED) is 0.497. The number of anilines is 1. The molecule has 156 valence electrons. The van der Waals surface area contributed by atoms with Crippen LogP contribution in [0.1, 0.15) is 56.7 Å². The maximum Gasteiger partial charge on any atom is 0.267 e. The lowest BCUT2D eigenvalue weighted by atomic mass is 9.88. The van der Waals surface area contributed by atoms with Gasteiger partial charge in [-0.3, -0.25) is 9.59 Å². The maximum atomic E-state index is 14.2. The summed E-state index contributed by atoms with van der Waals surface area (Å²) in [6, 6.07) is 4.91. The van der Waals surface area contributed by atoms with Crippen molar-refractivity contribution in [2.75, 3.05) is 5.32 Å². The molecule has 0 radical (unpaired) electrons. The molecule has 1 aromatic carbocycles. The van der Waals surface area contributed by atoms with Crippen LogP contribution < -0.4 is 10.6 Å². The molecule has 5 rings (SSSR count). The van der Waals surface area contributed by atoms with Crippen molar-refractivity contribution in [3.8, 4) is 0 Å². The summed E-state index contributed by atoms with van der Waals surface area (Å²) >= 11 is 8.99. The minimum absolute atomic E-state index is 0.115. The molecule has 2 heterocycles. The van der Waals surface area contributed by atoms with Crippen molar-refractivity contribution in [1.82, 2.24) is 5.32 Å². The van der Waals surface area contributed by atoms with E-state index in [4.69, 9.17) is 11.6 Å². The van der Waals surface area contributed by atoms with Crippen LogP contribution in [0.2, 0.25) is 5.02 Å². The molecule has 1 saturated carbocycles. The zero-order valence-corrected chi connectivity index (χ0v) is 18.7. The van der Waals surface area contributed by atoms with E-state index in [0.29, 0.717) is 21.2 Å². The predicted molar refractivity (Wildman–Crippen MR) is 121 cm³/mol. The number of fused-ring (bicyclic) bond motifs is 2. The second-order valence-corrected chi connectivity index (χ2v) is 10.7. The van der Waals surface area contributed by atoms with Gasteiger partial charge in [-0.1, -0.05) is 24.6 Å². The Labute approximate surface area is 186 Å². The lowest BCUT2D eigenvalue weighted by molar-refractivity contribution is 0.0951. The highest BCUT2D eigenvalue weighted by molar-refractivity contribution is 7.22. The highest BCUT2D eigenvalue weighted by Gasteiger charge is 2.32. The Bertz CT molecular complexity index is 1180. The molecule has 0 unspecified atom stereocenters. The van der Waals surface area contributed by atoms with Crippen LogP contribution in [0.4, 0.5) is 9.39 Å². The Morgan fingerprint density at radius 1 is 1.17 bits per heavy atom. The first kappa shape index (κ1) is 20.0. The number of nitrogens with one attached hydrogen (secondary N) is 2. The molecule has 0 spiro atoms. The van der Waals surface area contributed by atoms with Gasteiger partial charge in [0.2, 0.25) is 0 Å². The SMILES string of the molecule is C[C@@H]1CCc2c(sc(NC(=O)c3sc4cccc(F)c4c3Cl)c2C(=O)NC2CC2)C1. The van der Waals surface area contributed by atoms with E-state index in [1.165, 1.54) is 22.3 Å². The van der Waals surface area contributed by atoms with Crippen LogP contribution in [0.15, 0.2) is 18.2 Å². The number of carbonyl (C=O) groups is 2. The highest BCUT2D eigenvalue weighted by atomic mass is 35.5. The van der Waals surface area contributed by atoms with E-state index >= 15 is 0 Å². The lowest BCUT2D eigenvalue weighted by Gasteiger charge is -2.18. The molecule has 2 aromatic heterocycles. The number of benzene rings is 1. The van der Waals surface area contributed by atoms with Crippen molar-refractivity contribution in [2.45, 2.75) is 45.1 Å². The third-order valence-electron chi connectivity index (χ3n) is 5.69. The van der Waals surface area contributed by atoms with Crippen LogP contribution in [-0.4, -0.2) is 17.9 Å². The van der Waals surface area contributed by atoms with Gasteiger partial charge in [0.15, 0.2) is 0 Å². The summed E-state index contributed by atoms with van der Waals surface area (Å²) in [5, 5.41) is 6.91. The first-order chi connectivity index (χ1) is 14.4. The number of hydrogen-bond donors (Lipinski definition) is 2. The molecule has 2 aliphatic rings. The standard InChI is InChI=1S/C22H20ClFN2O2S2/c1-10-5-8-12-15(9-10)30-22(16(12)20(27)25-11-6-7-11)26-21(28)19-18(23)17-13(24)3-2-4-14(17)29-19/h2-4,10-11H,5-9H2,1H3,(H,25,27)(H,26,28)/t10-/m1/s1. The molecule has 2 N–H and O–H groups in total. The van der Waals surface area contributed by atoms with Crippen molar-refractivity contribution < 1.29 is 14.0 Å². The second kappa shape index (κ2) is 7.62. The summed E-state index contributed by atoms with van der Waals surface area (Å²) < 4.78 is 14.8. The first-order valence-corrected chi connectivity index (χ1v) is 12.1. The molecule has 4 nitrogen and oxygen atoms in total. The van der Waals surface area contributed by atoms with Crippen LogP contribution in [-0.2, 0) is 12.8 Å². The minimum atomic E-state index is -0.446. The number of amides is 2. The Morgan fingerprint density at radius 2 is 1.97 bits per heavy atom. The van der Waals surface area contributed by atoms with Crippen LogP contribution in [0.3, 0.4) is 0 Å². The first-order valence-electron chi connectivity index (χ1n) is 10.1. The average molecular weight is 463 g/mol. The second-order valence-electron chi connectivity index (χ2n) is 8.12. The van der Waals surface area contributed by atoms with E-state index in [1.807, 2.05) is 0 Å². The van der Waals surface area contributed by atoms with E-state index in [2.05, 4.69) is 17.6 Å². The zero-order chi connectivity index (χ0) is 21.0. The monoisotopic (exact) mass is 462 g/mol. The molecule has 0 saturated heterocycles. The van der Waals surface area contributed by atoms with Crippen molar-refractivity contribution in [3.63, 3.8) is 0 Å². The lowest BCUT2D eigenvalue weighted by Crippen LogP contribution is -2.27. The predicted octanol–water partition coefficient (Wildman–Crippen LogP) is 6.02. The molecule has 8 heteroatoms. The number of thiophene rings is 2. The Kier molecular flexibility index (Phi) is 5.08. The topological polar surface area (TPSA) is 58.2 Å². The molecule has 1 fully saturated rings. The summed E-state index contributed by atoms with van der Waals surface area (Å²) in [7, 11) is 0. The minimum Gasteiger partial charge on any atom is -0.349 e. The number of carbonyl (C=O) groups excluding carboxylic acids is 2. The van der Waals surface area contributed by atoms with Gasteiger partial charge in [-0.05, 0) is 55.7 Å². The largest absolute Gasteiger partial charge is 0.349 e. The van der Waals surface area contributed by atoms with Gasteiger partial charge < -0.3 is 10.6 Å². The summed E-state index contributed by atoms with van der Waals surface area (Å²) in [4.78, 5) is 27.5. The summed E-state index contributed by atoms with van der Waals surface area (Å²) in [6.45, 7) is 2.20. The van der Waals surface area contributed by atoms with Crippen molar-refractivity contribution in [2.24, 2.45) is 5.92 Å². The fourth-order valence-corrected chi connectivity index (χ4v) is 6.80. The third kappa shape index (κ3) is 3.53. The van der Waals surface area contributed by atoms with E-state index in [9.17, 15) is 14.0 Å². The molecule has 1 atom stereocenters. The van der Waals surface area contributed by atoms with Gasteiger partial charge in [0.1, 0.15) is 15.7 Å².